The number of ether oxygens (including phenoxy) is 2. The molecule has 0 radical (unpaired) electrons. The molecule has 0 bridgehead atoms. The Hall–Kier alpha value is -2.53. The molecule has 5 heteroatoms. The van der Waals surface area contributed by atoms with E-state index in [2.05, 4.69) is 0 Å². The molecule has 134 valence electrons. The Kier molecular flexibility index (Phi) is 6.83. The van der Waals surface area contributed by atoms with Crippen molar-refractivity contribution in [3.05, 3.63) is 59.2 Å². The Morgan fingerprint density at radius 3 is 2.56 bits per heavy atom. The fraction of sp³-hybridized carbons (Fsp3) is 0.350. The van der Waals surface area contributed by atoms with Gasteiger partial charge in [-0.15, -0.1) is 0 Å². The first kappa shape index (κ1) is 18.8. The number of benzene rings is 2. The monoisotopic (exact) mass is 343 g/mol. The largest absolute Gasteiger partial charge is 0.497 e. The molecule has 0 unspecified atom stereocenters. The van der Waals surface area contributed by atoms with E-state index in [4.69, 9.17) is 9.47 Å². The lowest BCUT2D eigenvalue weighted by Crippen LogP contribution is -2.34. The molecule has 25 heavy (non-hydrogen) atoms. The van der Waals surface area contributed by atoms with Gasteiger partial charge in [0.1, 0.15) is 11.5 Å². The molecule has 0 aliphatic heterocycles. The highest BCUT2D eigenvalue weighted by Gasteiger charge is 2.17. The summed E-state index contributed by atoms with van der Waals surface area (Å²) >= 11 is 0. The average Bonchev–Trinajstić information content (AvgIpc) is 2.61. The van der Waals surface area contributed by atoms with Crippen LogP contribution in [0.15, 0.2) is 42.5 Å². The number of aliphatic hydroxyl groups is 1. The smallest absolute Gasteiger partial charge is 0.227 e. The van der Waals surface area contributed by atoms with E-state index in [1.165, 1.54) is 0 Å². The molecule has 0 heterocycles. The zero-order valence-corrected chi connectivity index (χ0v) is 15.0. The van der Waals surface area contributed by atoms with Crippen molar-refractivity contribution >= 4 is 5.91 Å². The molecule has 0 fully saturated rings. The number of methoxy groups -OCH3 is 2. The fourth-order valence-corrected chi connectivity index (χ4v) is 2.73. The Labute approximate surface area is 148 Å². The van der Waals surface area contributed by atoms with Crippen LogP contribution in [0.1, 0.15) is 16.7 Å². The SMILES string of the molecule is COc1ccc(OC)c(CN(CCO)C(=O)Cc2cccc(C)c2)c1. The maximum atomic E-state index is 12.7. The van der Waals surface area contributed by atoms with E-state index in [1.807, 2.05) is 49.4 Å². The van der Waals surface area contributed by atoms with Crippen molar-refractivity contribution in [2.75, 3.05) is 27.4 Å². The Morgan fingerprint density at radius 1 is 1.12 bits per heavy atom. The second kappa shape index (κ2) is 9.08. The molecule has 2 aromatic carbocycles. The molecule has 2 aromatic rings. The second-order valence-corrected chi connectivity index (χ2v) is 5.88. The summed E-state index contributed by atoms with van der Waals surface area (Å²) in [6, 6.07) is 13.4. The minimum absolute atomic E-state index is 0.0375. The minimum atomic E-state index is -0.0914. The van der Waals surface area contributed by atoms with Gasteiger partial charge in [0.15, 0.2) is 0 Å². The van der Waals surface area contributed by atoms with Crippen molar-refractivity contribution in [2.24, 2.45) is 0 Å². The van der Waals surface area contributed by atoms with Crippen molar-refractivity contribution in [1.82, 2.24) is 4.90 Å². The molecular weight excluding hydrogens is 318 g/mol. The molecule has 0 saturated carbocycles. The van der Waals surface area contributed by atoms with Crippen LogP contribution in [0.25, 0.3) is 0 Å². The normalized spacial score (nSPS) is 10.4. The predicted octanol–water partition coefficient (Wildman–Crippen LogP) is 2.58. The number of aryl methyl sites for hydroxylation is 1. The van der Waals surface area contributed by atoms with Crippen molar-refractivity contribution in [2.45, 2.75) is 19.9 Å². The van der Waals surface area contributed by atoms with Crippen LogP contribution in [0.4, 0.5) is 0 Å². The zero-order chi connectivity index (χ0) is 18.2. The zero-order valence-electron chi connectivity index (χ0n) is 15.0. The quantitative estimate of drug-likeness (QED) is 0.800. The maximum absolute atomic E-state index is 12.7. The highest BCUT2D eigenvalue weighted by Crippen LogP contribution is 2.25. The summed E-state index contributed by atoms with van der Waals surface area (Å²) in [6.45, 7) is 2.53. The topological polar surface area (TPSA) is 59.0 Å². The highest BCUT2D eigenvalue weighted by molar-refractivity contribution is 5.79. The average molecular weight is 343 g/mol. The molecule has 0 aromatic heterocycles. The Morgan fingerprint density at radius 2 is 1.92 bits per heavy atom. The lowest BCUT2D eigenvalue weighted by Gasteiger charge is -2.23. The molecule has 0 spiro atoms. The first-order valence-electron chi connectivity index (χ1n) is 8.22. The van der Waals surface area contributed by atoms with Gasteiger partial charge >= 0.3 is 0 Å². The number of nitrogens with zero attached hydrogens (tertiary/aromatic N) is 1. The summed E-state index contributed by atoms with van der Waals surface area (Å²) in [5.74, 6) is 1.35. The van der Waals surface area contributed by atoms with Crippen LogP contribution in [0, 0.1) is 6.92 Å². The van der Waals surface area contributed by atoms with Crippen molar-refractivity contribution in [1.29, 1.82) is 0 Å². The molecule has 5 nitrogen and oxygen atoms in total. The molecule has 2 rings (SSSR count). The van der Waals surface area contributed by atoms with Crippen LogP contribution < -0.4 is 9.47 Å². The molecule has 0 aliphatic rings. The van der Waals surface area contributed by atoms with Gasteiger partial charge < -0.3 is 19.5 Å². The van der Waals surface area contributed by atoms with E-state index < -0.39 is 0 Å². The van der Waals surface area contributed by atoms with Crippen LogP contribution in [0.2, 0.25) is 0 Å². The van der Waals surface area contributed by atoms with Gasteiger partial charge in [0, 0.05) is 18.7 Å². The first-order chi connectivity index (χ1) is 12.1. The van der Waals surface area contributed by atoms with E-state index in [-0.39, 0.29) is 19.1 Å². The number of hydrogen-bond donors (Lipinski definition) is 1. The van der Waals surface area contributed by atoms with Gasteiger partial charge in [-0.3, -0.25) is 4.79 Å². The van der Waals surface area contributed by atoms with Gasteiger partial charge in [-0.2, -0.15) is 0 Å². The fourth-order valence-electron chi connectivity index (χ4n) is 2.73. The maximum Gasteiger partial charge on any atom is 0.227 e. The minimum Gasteiger partial charge on any atom is -0.497 e. The molecule has 1 N–H and O–H groups in total. The highest BCUT2D eigenvalue weighted by atomic mass is 16.5. The van der Waals surface area contributed by atoms with Gasteiger partial charge in [-0.25, -0.2) is 0 Å². The van der Waals surface area contributed by atoms with Crippen LogP contribution >= 0.6 is 0 Å². The summed E-state index contributed by atoms with van der Waals surface area (Å²) in [4.78, 5) is 14.4. The van der Waals surface area contributed by atoms with E-state index >= 15 is 0 Å². The van der Waals surface area contributed by atoms with Gasteiger partial charge in [-0.05, 0) is 30.7 Å². The van der Waals surface area contributed by atoms with Gasteiger partial charge in [-0.1, -0.05) is 29.8 Å². The first-order valence-corrected chi connectivity index (χ1v) is 8.22. The van der Waals surface area contributed by atoms with Crippen molar-refractivity contribution in [3.8, 4) is 11.5 Å². The van der Waals surface area contributed by atoms with E-state index in [9.17, 15) is 9.90 Å². The number of rotatable bonds is 8. The Bertz CT molecular complexity index is 715. The van der Waals surface area contributed by atoms with Gasteiger partial charge in [0.2, 0.25) is 5.91 Å². The third-order valence-corrected chi connectivity index (χ3v) is 4.01. The number of carbonyl (C=O) groups excluding carboxylic acids is 1. The lowest BCUT2D eigenvalue weighted by atomic mass is 10.1. The van der Waals surface area contributed by atoms with Crippen LogP contribution in [-0.4, -0.2) is 43.3 Å². The van der Waals surface area contributed by atoms with Crippen LogP contribution in [0.3, 0.4) is 0 Å². The number of aliphatic hydroxyl groups excluding tert-OH is 1. The summed E-state index contributed by atoms with van der Waals surface area (Å²) < 4.78 is 10.6. The predicted molar refractivity (Wildman–Crippen MR) is 96.9 cm³/mol. The number of carbonyl (C=O) groups is 1. The van der Waals surface area contributed by atoms with Gasteiger partial charge in [0.05, 0.1) is 27.2 Å². The third kappa shape index (κ3) is 5.22. The Balaban J connectivity index is 2.18. The van der Waals surface area contributed by atoms with Crippen molar-refractivity contribution < 1.29 is 19.4 Å². The lowest BCUT2D eigenvalue weighted by molar-refractivity contribution is -0.131. The molecule has 0 saturated heterocycles. The van der Waals surface area contributed by atoms with Gasteiger partial charge in [0.25, 0.3) is 0 Å². The molecule has 0 atom stereocenters. The van der Waals surface area contributed by atoms with E-state index in [0.717, 1.165) is 16.7 Å². The number of hydrogen-bond acceptors (Lipinski definition) is 4. The second-order valence-electron chi connectivity index (χ2n) is 5.88. The molecule has 1 amide bonds. The van der Waals surface area contributed by atoms with Crippen LogP contribution in [-0.2, 0) is 17.8 Å². The standard InChI is InChI=1S/C20H25NO4/c1-15-5-4-6-16(11-15)12-20(23)21(9-10-22)14-17-13-18(24-2)7-8-19(17)25-3/h4-8,11,13,22H,9-10,12,14H2,1-3H3. The number of amides is 1. The summed E-state index contributed by atoms with van der Waals surface area (Å²) in [5.41, 5.74) is 2.92. The summed E-state index contributed by atoms with van der Waals surface area (Å²) in [7, 11) is 3.19. The molecule has 0 aliphatic carbocycles. The third-order valence-electron chi connectivity index (χ3n) is 4.01. The van der Waals surface area contributed by atoms with E-state index in [1.54, 1.807) is 19.1 Å². The van der Waals surface area contributed by atoms with Crippen molar-refractivity contribution in [3.63, 3.8) is 0 Å². The molecular formula is C20H25NO4. The van der Waals surface area contributed by atoms with Crippen LogP contribution in [0.5, 0.6) is 11.5 Å². The summed E-state index contributed by atoms with van der Waals surface area (Å²) in [6.07, 6.45) is 0.300. The van der Waals surface area contributed by atoms with E-state index in [0.29, 0.717) is 24.5 Å². The summed E-state index contributed by atoms with van der Waals surface area (Å²) in [5, 5.41) is 9.35.